The Morgan fingerprint density at radius 2 is 1.74 bits per heavy atom. The van der Waals surface area contributed by atoms with Crippen molar-refractivity contribution in [2.75, 3.05) is 35.7 Å². The molecule has 0 aliphatic carbocycles. The lowest BCUT2D eigenvalue weighted by Crippen LogP contribution is -2.29. The van der Waals surface area contributed by atoms with Crippen molar-refractivity contribution in [3.05, 3.63) is 83.7 Å². The molecule has 1 saturated heterocycles. The van der Waals surface area contributed by atoms with Crippen molar-refractivity contribution < 1.29 is 18.7 Å². The predicted molar refractivity (Wildman–Crippen MR) is 131 cm³/mol. The summed E-state index contributed by atoms with van der Waals surface area (Å²) in [7, 11) is 1.60. The minimum absolute atomic E-state index is 0.336. The van der Waals surface area contributed by atoms with Crippen molar-refractivity contribution in [2.24, 2.45) is 0 Å². The normalized spacial score (nSPS) is 12.8. The summed E-state index contributed by atoms with van der Waals surface area (Å²) in [5, 5.41) is 8.60. The van der Waals surface area contributed by atoms with Gasteiger partial charge in [0, 0.05) is 30.9 Å². The van der Waals surface area contributed by atoms with E-state index in [1.54, 1.807) is 19.2 Å². The largest absolute Gasteiger partial charge is 0.497 e. The molecule has 1 heterocycles. The third-order valence-corrected chi connectivity index (χ3v) is 5.64. The fourth-order valence-electron chi connectivity index (χ4n) is 3.88. The zero-order chi connectivity index (χ0) is 23.9. The van der Waals surface area contributed by atoms with Gasteiger partial charge < -0.3 is 25.6 Å². The van der Waals surface area contributed by atoms with Gasteiger partial charge in [-0.15, -0.1) is 0 Å². The second-order valence-electron chi connectivity index (χ2n) is 8.05. The molecule has 0 saturated carbocycles. The second-order valence-corrected chi connectivity index (χ2v) is 8.05. The molecule has 0 unspecified atom stereocenters. The first-order valence-electron chi connectivity index (χ1n) is 11.2. The van der Waals surface area contributed by atoms with Gasteiger partial charge >= 0.3 is 6.03 Å². The summed E-state index contributed by atoms with van der Waals surface area (Å²) >= 11 is 0. The molecule has 0 spiro atoms. The van der Waals surface area contributed by atoms with E-state index >= 15 is 0 Å². The smallest absolute Gasteiger partial charge is 0.319 e. The molecule has 0 aromatic heterocycles. The number of carbonyl (C=O) groups excluding carboxylic acids is 2. The highest BCUT2D eigenvalue weighted by Crippen LogP contribution is 2.32. The van der Waals surface area contributed by atoms with E-state index in [9.17, 15) is 14.0 Å². The monoisotopic (exact) mass is 462 g/mol. The van der Waals surface area contributed by atoms with Gasteiger partial charge in [0.25, 0.3) is 5.91 Å². The molecule has 3 N–H and O–H groups in total. The van der Waals surface area contributed by atoms with Crippen LogP contribution < -0.4 is 25.6 Å². The molecule has 8 heteroatoms. The van der Waals surface area contributed by atoms with Crippen LogP contribution in [0, 0.1) is 5.82 Å². The topological polar surface area (TPSA) is 82.7 Å². The molecule has 176 valence electrons. The van der Waals surface area contributed by atoms with Gasteiger partial charge in [0.1, 0.15) is 11.6 Å². The number of amides is 3. The average Bonchev–Trinajstić information content (AvgIpc) is 3.38. The van der Waals surface area contributed by atoms with Crippen LogP contribution in [0.5, 0.6) is 5.75 Å². The first-order chi connectivity index (χ1) is 16.5. The molecular weight excluding hydrogens is 435 g/mol. The molecule has 3 amide bonds. The zero-order valence-corrected chi connectivity index (χ0v) is 18.9. The average molecular weight is 463 g/mol. The number of carbonyl (C=O) groups is 2. The lowest BCUT2D eigenvalue weighted by molar-refractivity contribution is 0.102. The number of hydrogen-bond donors (Lipinski definition) is 3. The van der Waals surface area contributed by atoms with Crippen LogP contribution in [0.2, 0.25) is 0 Å². The minimum Gasteiger partial charge on any atom is -0.497 e. The number of ether oxygens (including phenoxy) is 1. The van der Waals surface area contributed by atoms with E-state index in [1.165, 1.54) is 24.3 Å². The van der Waals surface area contributed by atoms with Crippen molar-refractivity contribution in [2.45, 2.75) is 19.4 Å². The Morgan fingerprint density at radius 3 is 2.47 bits per heavy atom. The van der Waals surface area contributed by atoms with Gasteiger partial charge in [0.15, 0.2) is 0 Å². The van der Waals surface area contributed by atoms with E-state index in [2.05, 4.69) is 20.9 Å². The van der Waals surface area contributed by atoms with Gasteiger partial charge in [-0.3, -0.25) is 4.79 Å². The predicted octanol–water partition coefficient (Wildman–Crippen LogP) is 5.01. The molecule has 1 aliphatic rings. The number of benzene rings is 3. The van der Waals surface area contributed by atoms with Crippen molar-refractivity contribution in [1.82, 2.24) is 5.32 Å². The number of nitrogens with zero attached hydrogens (tertiary/aromatic N) is 1. The first-order valence-corrected chi connectivity index (χ1v) is 11.2. The molecule has 3 aromatic carbocycles. The molecule has 7 nitrogen and oxygen atoms in total. The summed E-state index contributed by atoms with van der Waals surface area (Å²) in [6.45, 7) is 2.14. The fraction of sp³-hybridized carbons (Fsp3) is 0.231. The fourth-order valence-corrected chi connectivity index (χ4v) is 3.88. The molecule has 1 fully saturated rings. The second kappa shape index (κ2) is 10.7. The first kappa shape index (κ1) is 23.1. The summed E-state index contributed by atoms with van der Waals surface area (Å²) < 4.78 is 18.4. The molecule has 1 aliphatic heterocycles. The maximum atomic E-state index is 13.2. The van der Waals surface area contributed by atoms with E-state index in [0.29, 0.717) is 23.5 Å². The number of methoxy groups -OCH3 is 1. The van der Waals surface area contributed by atoms with E-state index in [0.717, 1.165) is 42.9 Å². The van der Waals surface area contributed by atoms with Crippen LogP contribution in [0.15, 0.2) is 66.7 Å². The Labute approximate surface area is 197 Å². The number of nitrogens with one attached hydrogen (secondary N) is 3. The van der Waals surface area contributed by atoms with Crippen molar-refractivity contribution in [3.8, 4) is 5.75 Å². The molecule has 3 aromatic rings. The summed E-state index contributed by atoms with van der Waals surface area (Å²) in [5.74, 6) is -0.0408. The molecule has 0 radical (unpaired) electrons. The van der Waals surface area contributed by atoms with Gasteiger partial charge in [0.05, 0.1) is 18.5 Å². The van der Waals surface area contributed by atoms with Crippen LogP contribution in [-0.4, -0.2) is 32.1 Å². The highest BCUT2D eigenvalue weighted by Gasteiger charge is 2.18. The highest BCUT2D eigenvalue weighted by atomic mass is 19.1. The number of anilines is 3. The lowest BCUT2D eigenvalue weighted by atomic mass is 10.2. The maximum Gasteiger partial charge on any atom is 0.319 e. The summed E-state index contributed by atoms with van der Waals surface area (Å²) in [6, 6.07) is 17.9. The molecule has 4 rings (SSSR count). The van der Waals surface area contributed by atoms with Gasteiger partial charge in [-0.1, -0.05) is 12.1 Å². The minimum atomic E-state index is -0.405. The van der Waals surface area contributed by atoms with E-state index in [-0.39, 0.29) is 11.9 Å². The molecule has 0 bridgehead atoms. The molecule has 34 heavy (non-hydrogen) atoms. The van der Waals surface area contributed by atoms with E-state index in [1.807, 2.05) is 30.3 Å². The van der Waals surface area contributed by atoms with Crippen molar-refractivity contribution >= 4 is 29.0 Å². The summed E-state index contributed by atoms with van der Waals surface area (Å²) in [5.41, 5.74) is 3.28. The maximum absolute atomic E-state index is 13.2. The Morgan fingerprint density at radius 1 is 0.971 bits per heavy atom. The Balaban J connectivity index is 1.48. The standard InChI is InChI=1S/C26H27FN4O3/c1-34-22-6-4-5-18(15-22)17-28-26(33)30-23-16-21(11-12-24(23)31-13-2-3-14-31)29-25(32)19-7-9-20(27)10-8-19/h4-12,15-16H,2-3,13-14,17H2,1H3,(H,29,32)(H2,28,30,33). The number of hydrogen-bond acceptors (Lipinski definition) is 4. The summed E-state index contributed by atoms with van der Waals surface area (Å²) in [6.07, 6.45) is 2.18. The van der Waals surface area contributed by atoms with Crippen LogP contribution in [0.4, 0.5) is 26.2 Å². The van der Waals surface area contributed by atoms with Crippen molar-refractivity contribution in [1.29, 1.82) is 0 Å². The van der Waals surface area contributed by atoms with Crippen LogP contribution in [0.25, 0.3) is 0 Å². The number of urea groups is 1. The lowest BCUT2D eigenvalue weighted by Gasteiger charge is -2.22. The number of rotatable bonds is 7. The van der Waals surface area contributed by atoms with Crippen LogP contribution in [-0.2, 0) is 6.54 Å². The Bertz CT molecular complexity index is 1160. The SMILES string of the molecule is COc1cccc(CNC(=O)Nc2cc(NC(=O)c3ccc(F)cc3)ccc2N2CCCC2)c1. The van der Waals surface area contributed by atoms with Gasteiger partial charge in [0.2, 0.25) is 0 Å². The Kier molecular flexibility index (Phi) is 7.27. The molecular formula is C26H27FN4O3. The van der Waals surface area contributed by atoms with Gasteiger partial charge in [-0.25, -0.2) is 9.18 Å². The van der Waals surface area contributed by atoms with Gasteiger partial charge in [-0.2, -0.15) is 0 Å². The zero-order valence-electron chi connectivity index (χ0n) is 18.9. The van der Waals surface area contributed by atoms with Crippen LogP contribution in [0.3, 0.4) is 0 Å². The third-order valence-electron chi connectivity index (χ3n) is 5.64. The quantitative estimate of drug-likeness (QED) is 0.461. The van der Waals surface area contributed by atoms with E-state index in [4.69, 9.17) is 4.74 Å². The van der Waals surface area contributed by atoms with E-state index < -0.39 is 5.82 Å². The molecule has 0 atom stereocenters. The van der Waals surface area contributed by atoms with Crippen molar-refractivity contribution in [3.63, 3.8) is 0 Å². The third kappa shape index (κ3) is 5.83. The number of halogens is 1. The van der Waals surface area contributed by atoms with Crippen LogP contribution >= 0.6 is 0 Å². The highest BCUT2D eigenvalue weighted by molar-refractivity contribution is 6.05. The van der Waals surface area contributed by atoms with Gasteiger partial charge in [-0.05, 0) is 73.0 Å². The van der Waals surface area contributed by atoms with Crippen LogP contribution in [0.1, 0.15) is 28.8 Å². The summed E-state index contributed by atoms with van der Waals surface area (Å²) in [4.78, 5) is 27.5. The Hall–Kier alpha value is -4.07.